The molecule has 4 fully saturated rings. The Kier molecular flexibility index (Phi) is 7.90. The van der Waals surface area contributed by atoms with Gasteiger partial charge < -0.3 is 14.4 Å². The lowest BCUT2D eigenvalue weighted by atomic mass is 9.87. The fourth-order valence-corrected chi connectivity index (χ4v) is 6.22. The number of aliphatic imine (C=N–C) groups is 1. The van der Waals surface area contributed by atoms with Crippen LogP contribution in [0.3, 0.4) is 0 Å². The normalized spacial score (nSPS) is 21.7. The molecule has 0 spiro atoms. The molecule has 3 aromatic heterocycles. The number of rotatable bonds is 9. The van der Waals surface area contributed by atoms with E-state index in [-0.39, 0.29) is 0 Å². The SMILES string of the molecule is CO/C(C)=N/C=C(\C)CN1C2CC1CN(c1ccc(-c3cc(OCCN4CCCC4)cn4ncc(C#N)c34)cn1)C2. The third kappa shape index (κ3) is 5.78. The fourth-order valence-electron chi connectivity index (χ4n) is 6.22. The van der Waals surface area contributed by atoms with Crippen molar-refractivity contribution in [2.24, 2.45) is 4.99 Å². The lowest BCUT2D eigenvalue weighted by Crippen LogP contribution is -2.69. The largest absolute Gasteiger partial charge is 0.491 e. The number of pyridine rings is 2. The van der Waals surface area contributed by atoms with Gasteiger partial charge in [0.25, 0.3) is 0 Å². The van der Waals surface area contributed by atoms with Crippen LogP contribution in [0.15, 0.2) is 53.6 Å². The summed E-state index contributed by atoms with van der Waals surface area (Å²) in [5, 5.41) is 14.2. The molecule has 7 heterocycles. The van der Waals surface area contributed by atoms with Gasteiger partial charge in [0.05, 0.1) is 30.6 Å². The summed E-state index contributed by atoms with van der Waals surface area (Å²) in [6.07, 6.45) is 11.1. The maximum Gasteiger partial charge on any atom is 0.184 e. The summed E-state index contributed by atoms with van der Waals surface area (Å²) in [6.45, 7) is 10.7. The van der Waals surface area contributed by atoms with Crippen LogP contribution in [0.25, 0.3) is 16.6 Å². The van der Waals surface area contributed by atoms with E-state index < -0.39 is 0 Å². The highest BCUT2D eigenvalue weighted by Crippen LogP contribution is 2.36. The molecule has 0 amide bonds. The Bertz CT molecular complexity index is 1470. The number of aromatic nitrogens is 3. The Labute approximate surface area is 241 Å². The number of nitriles is 1. The summed E-state index contributed by atoms with van der Waals surface area (Å²) in [6, 6.07) is 9.53. The molecule has 4 aliphatic heterocycles. The molecule has 41 heavy (non-hydrogen) atoms. The minimum atomic E-state index is 0.519. The summed E-state index contributed by atoms with van der Waals surface area (Å²) < 4.78 is 13.0. The molecule has 0 N–H and O–H groups in total. The maximum atomic E-state index is 9.73. The Morgan fingerprint density at radius 2 is 1.98 bits per heavy atom. The smallest absolute Gasteiger partial charge is 0.184 e. The van der Waals surface area contributed by atoms with Gasteiger partial charge in [0.1, 0.15) is 24.2 Å². The van der Waals surface area contributed by atoms with Crippen LogP contribution in [0.5, 0.6) is 5.75 Å². The van der Waals surface area contributed by atoms with Gasteiger partial charge in [-0.15, -0.1) is 0 Å². The Hall–Kier alpha value is -3.94. The zero-order valence-electron chi connectivity index (χ0n) is 24.2. The topological polar surface area (TPSA) is 94.5 Å². The van der Waals surface area contributed by atoms with Crippen molar-refractivity contribution in [2.75, 3.05) is 57.9 Å². The third-order valence-corrected chi connectivity index (χ3v) is 8.50. The average molecular weight is 555 g/mol. The van der Waals surface area contributed by atoms with Gasteiger partial charge in [-0.05, 0) is 63.0 Å². The first-order valence-corrected chi connectivity index (χ1v) is 14.5. The Balaban J connectivity index is 1.15. The monoisotopic (exact) mass is 554 g/mol. The first-order chi connectivity index (χ1) is 20.0. The Morgan fingerprint density at radius 1 is 1.17 bits per heavy atom. The van der Waals surface area contributed by atoms with Crippen molar-refractivity contribution in [3.8, 4) is 22.9 Å². The number of likely N-dealkylation sites (tertiary alicyclic amines) is 1. The van der Waals surface area contributed by atoms with Crippen LogP contribution in [-0.2, 0) is 4.74 Å². The van der Waals surface area contributed by atoms with Crippen molar-refractivity contribution >= 4 is 17.2 Å². The minimum absolute atomic E-state index is 0.519. The van der Waals surface area contributed by atoms with Crippen LogP contribution in [0.4, 0.5) is 5.82 Å². The van der Waals surface area contributed by atoms with Crippen molar-refractivity contribution in [3.05, 3.63) is 54.1 Å². The summed E-state index contributed by atoms with van der Waals surface area (Å²) in [4.78, 5) is 16.6. The molecule has 0 radical (unpaired) electrons. The van der Waals surface area contributed by atoms with Gasteiger partial charge in [-0.1, -0.05) is 0 Å². The predicted octanol–water partition coefficient (Wildman–Crippen LogP) is 3.97. The number of methoxy groups -OCH3 is 1. The van der Waals surface area contributed by atoms with Gasteiger partial charge in [0, 0.05) is 68.7 Å². The van der Waals surface area contributed by atoms with Crippen molar-refractivity contribution in [1.82, 2.24) is 24.4 Å². The van der Waals surface area contributed by atoms with E-state index in [0.29, 0.717) is 30.2 Å². The van der Waals surface area contributed by atoms with Crippen LogP contribution >= 0.6 is 0 Å². The van der Waals surface area contributed by atoms with Crippen LogP contribution < -0.4 is 9.64 Å². The highest BCUT2D eigenvalue weighted by atomic mass is 16.5. The van der Waals surface area contributed by atoms with Crippen molar-refractivity contribution in [3.63, 3.8) is 0 Å². The number of piperidine rings is 1. The number of piperazine rings is 1. The van der Waals surface area contributed by atoms with Gasteiger partial charge in [0.2, 0.25) is 0 Å². The Morgan fingerprint density at radius 3 is 2.68 bits per heavy atom. The zero-order valence-corrected chi connectivity index (χ0v) is 24.2. The van der Waals surface area contributed by atoms with E-state index in [9.17, 15) is 5.26 Å². The van der Waals surface area contributed by atoms with Crippen LogP contribution in [0.1, 0.15) is 38.7 Å². The molecule has 4 saturated heterocycles. The molecular weight excluding hydrogens is 516 g/mol. The van der Waals surface area contributed by atoms with Gasteiger partial charge in [-0.2, -0.15) is 10.4 Å². The summed E-state index contributed by atoms with van der Waals surface area (Å²) in [7, 11) is 1.64. The average Bonchev–Trinajstić information content (AvgIpc) is 3.68. The second-order valence-electron chi connectivity index (χ2n) is 11.3. The zero-order chi connectivity index (χ0) is 28.3. The maximum absolute atomic E-state index is 9.73. The van der Waals surface area contributed by atoms with Gasteiger partial charge in [0.15, 0.2) is 5.90 Å². The van der Waals surface area contributed by atoms with E-state index in [1.807, 2.05) is 31.6 Å². The molecule has 3 aromatic rings. The lowest BCUT2D eigenvalue weighted by Gasteiger charge is -2.56. The van der Waals surface area contributed by atoms with E-state index >= 15 is 0 Å². The van der Waals surface area contributed by atoms with Crippen LogP contribution in [0, 0.1) is 11.3 Å². The number of hydrogen-bond acceptors (Lipinski definition) is 9. The first-order valence-electron chi connectivity index (χ1n) is 14.5. The molecule has 7 rings (SSSR count). The van der Waals surface area contributed by atoms with Gasteiger partial charge in [-0.25, -0.2) is 14.5 Å². The summed E-state index contributed by atoms with van der Waals surface area (Å²) in [5.74, 6) is 2.40. The van der Waals surface area contributed by atoms with Crippen molar-refractivity contribution < 1.29 is 9.47 Å². The number of hydrogen-bond donors (Lipinski definition) is 0. The van der Waals surface area contributed by atoms with Gasteiger partial charge in [-0.3, -0.25) is 9.80 Å². The number of ether oxygens (including phenoxy) is 2. The molecule has 2 unspecified atom stereocenters. The van der Waals surface area contributed by atoms with E-state index in [2.05, 4.69) is 49.9 Å². The molecule has 2 atom stereocenters. The third-order valence-electron chi connectivity index (χ3n) is 8.50. The second-order valence-corrected chi connectivity index (χ2v) is 11.3. The molecule has 214 valence electrons. The second kappa shape index (κ2) is 11.9. The highest BCUT2D eigenvalue weighted by molar-refractivity contribution is 5.85. The molecule has 0 aromatic carbocycles. The number of nitrogens with zero attached hydrogens (tertiary/aromatic N) is 8. The quantitative estimate of drug-likeness (QED) is 0.290. The fraction of sp³-hybridized carbons (Fsp3) is 0.484. The number of fused-ring (bicyclic) bond motifs is 3. The number of anilines is 1. The first kappa shape index (κ1) is 27.2. The molecule has 0 saturated carbocycles. The molecule has 2 bridgehead atoms. The summed E-state index contributed by atoms with van der Waals surface area (Å²) in [5.41, 5.74) is 4.39. The van der Waals surface area contributed by atoms with E-state index in [1.165, 1.54) is 24.8 Å². The molecule has 10 heteroatoms. The predicted molar refractivity (Wildman–Crippen MR) is 159 cm³/mol. The lowest BCUT2D eigenvalue weighted by molar-refractivity contribution is 0.00810. The van der Waals surface area contributed by atoms with Gasteiger partial charge >= 0.3 is 0 Å². The highest BCUT2D eigenvalue weighted by Gasteiger charge is 2.44. The summed E-state index contributed by atoms with van der Waals surface area (Å²) >= 11 is 0. The molecule has 4 aliphatic rings. The standard InChI is InChI=1S/C31H38N8O2/c1-22(15-33-23(2)40-3)18-38-26-12-27(38)20-37(19-26)30-7-6-24(16-34-30)29-13-28(41-11-10-36-8-4-5-9-36)21-39-31(29)25(14-32)17-35-39/h6-7,13,15-17,21,26-27H,4-5,8-12,18-20H2,1-3H3/b22-15+,33-23+. The van der Waals surface area contributed by atoms with E-state index in [4.69, 9.17) is 14.5 Å². The minimum Gasteiger partial charge on any atom is -0.491 e. The van der Waals surface area contributed by atoms with Crippen molar-refractivity contribution in [2.45, 2.75) is 45.2 Å². The molecule has 0 aliphatic carbocycles. The van der Waals surface area contributed by atoms with Crippen molar-refractivity contribution in [1.29, 1.82) is 5.26 Å². The van der Waals surface area contributed by atoms with Crippen LogP contribution in [-0.4, -0.2) is 95.4 Å². The molecule has 10 nitrogen and oxygen atoms in total. The van der Waals surface area contributed by atoms with E-state index in [0.717, 1.165) is 67.5 Å². The van der Waals surface area contributed by atoms with E-state index in [1.54, 1.807) is 17.8 Å². The van der Waals surface area contributed by atoms with Crippen LogP contribution in [0.2, 0.25) is 0 Å². The molecular formula is C31H38N8O2.